The molecule has 2 aromatic rings. The Bertz CT molecular complexity index is 1130. The summed E-state index contributed by atoms with van der Waals surface area (Å²) in [6, 6.07) is 9.36. The molecule has 0 fully saturated rings. The molecular weight excluding hydrogens is 468 g/mol. The lowest BCUT2D eigenvalue weighted by molar-refractivity contribution is -0.148. The Morgan fingerprint density at radius 1 is 1.06 bits per heavy atom. The molecular formula is C23H31ClN2O6S. The highest BCUT2D eigenvalue weighted by atomic mass is 35.5. The fourth-order valence-corrected chi connectivity index (χ4v) is 4.84. The Labute approximate surface area is 199 Å². The monoisotopic (exact) mass is 498 g/mol. The first-order valence-corrected chi connectivity index (χ1v) is 12.5. The summed E-state index contributed by atoms with van der Waals surface area (Å²) in [6.45, 7) is 10.1. The number of nitrogens with one attached hydrogen (secondary N) is 2. The zero-order chi connectivity index (χ0) is 25.0. The molecule has 1 unspecified atom stereocenters. The van der Waals surface area contributed by atoms with Gasteiger partial charge in [0.25, 0.3) is 0 Å². The van der Waals surface area contributed by atoms with Gasteiger partial charge >= 0.3 is 17.1 Å². The van der Waals surface area contributed by atoms with Crippen LogP contribution >= 0.6 is 11.6 Å². The first-order valence-electron chi connectivity index (χ1n) is 10.6. The molecule has 2 aromatic carbocycles. The molecule has 0 heterocycles. The van der Waals surface area contributed by atoms with E-state index in [1.807, 2.05) is 13.8 Å². The van der Waals surface area contributed by atoms with Gasteiger partial charge in [0.1, 0.15) is 5.60 Å². The summed E-state index contributed by atoms with van der Waals surface area (Å²) in [5.74, 6) is -1.21. The van der Waals surface area contributed by atoms with E-state index in [4.69, 9.17) is 21.1 Å². The average Bonchev–Trinajstić information content (AvgIpc) is 2.69. The summed E-state index contributed by atoms with van der Waals surface area (Å²) < 4.78 is 38.2. The topological polar surface area (TPSA) is 111 Å². The first-order chi connectivity index (χ1) is 15.2. The van der Waals surface area contributed by atoms with Crippen LogP contribution in [0.3, 0.4) is 0 Å². The zero-order valence-corrected chi connectivity index (χ0v) is 21.3. The van der Waals surface area contributed by atoms with Crippen molar-refractivity contribution in [1.82, 2.24) is 10.6 Å². The first kappa shape index (κ1) is 26.9. The number of esters is 1. The highest BCUT2D eigenvalue weighted by Crippen LogP contribution is 2.29. The van der Waals surface area contributed by atoms with Gasteiger partial charge in [0.15, 0.2) is 0 Å². The Kier molecular flexibility index (Phi) is 8.37. The SMILES string of the molecule is CCOC(=O)C(NCC(C)C)(NC(=O)OC(C)(C)C)S(=O)(=O)c1ccc2cc(Cl)ccc2c1. The second kappa shape index (κ2) is 10.3. The van der Waals surface area contributed by atoms with Crippen molar-refractivity contribution in [2.75, 3.05) is 13.2 Å². The van der Waals surface area contributed by atoms with Crippen LogP contribution in [-0.2, 0) is 24.1 Å². The molecule has 182 valence electrons. The van der Waals surface area contributed by atoms with E-state index in [2.05, 4.69) is 10.6 Å². The lowest BCUT2D eigenvalue weighted by Gasteiger charge is -2.34. The quantitative estimate of drug-likeness (QED) is 0.413. The van der Waals surface area contributed by atoms with E-state index in [1.165, 1.54) is 12.1 Å². The van der Waals surface area contributed by atoms with E-state index in [0.717, 1.165) is 5.39 Å². The summed E-state index contributed by atoms with van der Waals surface area (Å²) in [5.41, 5.74) is -0.922. The van der Waals surface area contributed by atoms with Crippen molar-refractivity contribution < 1.29 is 27.5 Å². The van der Waals surface area contributed by atoms with E-state index >= 15 is 0 Å². The van der Waals surface area contributed by atoms with E-state index in [-0.39, 0.29) is 24.0 Å². The molecule has 33 heavy (non-hydrogen) atoms. The molecule has 0 aliphatic carbocycles. The minimum absolute atomic E-state index is 0.0480. The number of benzene rings is 2. The number of fused-ring (bicyclic) bond motifs is 1. The van der Waals surface area contributed by atoms with Crippen LogP contribution in [0.4, 0.5) is 4.79 Å². The predicted octanol–water partition coefficient (Wildman–Crippen LogP) is 4.25. The highest BCUT2D eigenvalue weighted by molar-refractivity contribution is 7.93. The summed E-state index contributed by atoms with van der Waals surface area (Å²) in [5, 5.41) is 6.82. The minimum atomic E-state index is -4.56. The fourth-order valence-electron chi connectivity index (χ4n) is 3.01. The predicted molar refractivity (Wildman–Crippen MR) is 128 cm³/mol. The Balaban J connectivity index is 2.69. The molecule has 0 saturated carbocycles. The molecule has 1 atom stereocenters. The number of carbonyl (C=O) groups excluding carboxylic acids is 2. The molecule has 0 spiro atoms. The maximum atomic E-state index is 13.9. The van der Waals surface area contributed by atoms with Crippen LogP contribution in [0, 0.1) is 5.92 Å². The van der Waals surface area contributed by atoms with E-state index < -0.39 is 32.5 Å². The number of amides is 1. The molecule has 10 heteroatoms. The van der Waals surface area contributed by atoms with Crippen molar-refractivity contribution in [1.29, 1.82) is 0 Å². The number of hydrogen-bond donors (Lipinski definition) is 2. The lowest BCUT2D eigenvalue weighted by atomic mass is 10.1. The Hall–Kier alpha value is -2.36. The number of ether oxygens (including phenoxy) is 2. The average molecular weight is 499 g/mol. The third-order valence-corrected chi connectivity index (χ3v) is 6.82. The standard InChI is InChI=1S/C23H31ClN2O6S/c1-7-31-20(27)23(25-14-15(2)3,26-21(28)32-22(4,5)6)33(29,30)19-11-9-16-12-18(24)10-8-17(16)13-19/h8-13,15,25H,7,14H2,1-6H3,(H,26,28). The Morgan fingerprint density at radius 3 is 2.24 bits per heavy atom. The summed E-state index contributed by atoms with van der Waals surface area (Å²) in [7, 11) is -4.56. The molecule has 2 rings (SSSR count). The molecule has 0 radical (unpaired) electrons. The van der Waals surface area contributed by atoms with Gasteiger partial charge in [-0.25, -0.2) is 18.0 Å². The number of rotatable bonds is 8. The van der Waals surface area contributed by atoms with Gasteiger partial charge in [0.2, 0.25) is 9.84 Å². The van der Waals surface area contributed by atoms with Gasteiger partial charge in [-0.2, -0.15) is 0 Å². The smallest absolute Gasteiger partial charge is 0.410 e. The van der Waals surface area contributed by atoms with Gasteiger partial charge in [-0.3, -0.25) is 10.6 Å². The van der Waals surface area contributed by atoms with Crippen LogP contribution in [0.25, 0.3) is 10.8 Å². The number of halogens is 1. The van der Waals surface area contributed by atoms with Crippen molar-refractivity contribution in [3.8, 4) is 0 Å². The number of carbonyl (C=O) groups is 2. The Morgan fingerprint density at radius 2 is 1.67 bits per heavy atom. The molecule has 0 bridgehead atoms. The molecule has 0 aliphatic heterocycles. The second-order valence-electron chi connectivity index (χ2n) is 8.96. The minimum Gasteiger partial charge on any atom is -0.462 e. The van der Waals surface area contributed by atoms with Crippen LogP contribution < -0.4 is 10.6 Å². The van der Waals surface area contributed by atoms with Gasteiger partial charge in [0.05, 0.1) is 11.5 Å². The molecule has 0 saturated heterocycles. The van der Waals surface area contributed by atoms with E-state index in [0.29, 0.717) is 10.4 Å². The van der Waals surface area contributed by atoms with Crippen molar-refractivity contribution in [3.63, 3.8) is 0 Å². The van der Waals surface area contributed by atoms with Crippen LogP contribution in [0.15, 0.2) is 41.3 Å². The molecule has 1 amide bonds. The molecule has 2 N–H and O–H groups in total. The summed E-state index contributed by atoms with van der Waals surface area (Å²) in [6.07, 6.45) is -1.08. The normalized spacial score (nSPS) is 14.1. The largest absolute Gasteiger partial charge is 0.462 e. The van der Waals surface area contributed by atoms with Crippen LogP contribution in [0.2, 0.25) is 5.02 Å². The maximum absolute atomic E-state index is 13.9. The van der Waals surface area contributed by atoms with Crippen LogP contribution in [0.1, 0.15) is 41.5 Å². The fraction of sp³-hybridized carbons (Fsp3) is 0.478. The third-order valence-electron chi connectivity index (χ3n) is 4.49. The number of hydrogen-bond acceptors (Lipinski definition) is 7. The van der Waals surface area contributed by atoms with Crippen molar-refractivity contribution in [2.24, 2.45) is 5.92 Å². The highest BCUT2D eigenvalue weighted by Gasteiger charge is 2.55. The third kappa shape index (κ3) is 6.37. The van der Waals surface area contributed by atoms with Crippen molar-refractivity contribution in [2.45, 2.75) is 57.0 Å². The molecule has 0 aliphatic rings. The van der Waals surface area contributed by atoms with Crippen molar-refractivity contribution >= 4 is 44.3 Å². The molecule has 0 aromatic heterocycles. The van der Waals surface area contributed by atoms with Crippen molar-refractivity contribution in [3.05, 3.63) is 41.4 Å². The van der Waals surface area contributed by atoms with Gasteiger partial charge in [-0.1, -0.05) is 37.6 Å². The lowest BCUT2D eigenvalue weighted by Crippen LogP contribution is -2.69. The zero-order valence-electron chi connectivity index (χ0n) is 19.7. The van der Waals surface area contributed by atoms with Gasteiger partial charge in [-0.05, 0) is 68.7 Å². The van der Waals surface area contributed by atoms with Crippen LogP contribution in [-0.4, -0.2) is 44.2 Å². The number of sulfone groups is 1. The molecule has 8 nitrogen and oxygen atoms in total. The van der Waals surface area contributed by atoms with E-state index in [9.17, 15) is 18.0 Å². The number of alkyl carbamates (subject to hydrolysis) is 1. The van der Waals surface area contributed by atoms with Gasteiger partial charge < -0.3 is 9.47 Å². The van der Waals surface area contributed by atoms with Crippen LogP contribution in [0.5, 0.6) is 0 Å². The van der Waals surface area contributed by atoms with Gasteiger partial charge in [0, 0.05) is 11.6 Å². The summed E-state index contributed by atoms with van der Waals surface area (Å²) in [4.78, 5) is 23.1. The van der Waals surface area contributed by atoms with E-state index in [1.54, 1.807) is 52.0 Å². The second-order valence-corrected chi connectivity index (χ2v) is 11.5. The maximum Gasteiger partial charge on any atom is 0.410 e. The summed E-state index contributed by atoms with van der Waals surface area (Å²) >= 11 is 6.03. The van der Waals surface area contributed by atoms with Gasteiger partial charge in [-0.15, -0.1) is 0 Å².